The summed E-state index contributed by atoms with van der Waals surface area (Å²) in [6.45, 7) is 13.1. The van der Waals surface area contributed by atoms with E-state index in [2.05, 4.69) is 54.3 Å². The van der Waals surface area contributed by atoms with Crippen LogP contribution < -0.4 is 10.5 Å². The Kier molecular flexibility index (Phi) is 7.31. The molecule has 2 aromatic heterocycles. The van der Waals surface area contributed by atoms with E-state index in [0.29, 0.717) is 32.1 Å². The van der Waals surface area contributed by atoms with Gasteiger partial charge in [0.2, 0.25) is 0 Å². The molecule has 4 rings (SSSR count). The lowest BCUT2D eigenvalue weighted by atomic mass is 9.92. The first-order chi connectivity index (χ1) is 16.8. The first-order valence-corrected chi connectivity index (χ1v) is 15.9. The van der Waals surface area contributed by atoms with Gasteiger partial charge >= 0.3 is 0 Å². The second kappa shape index (κ2) is 10.2. The second-order valence-electron chi connectivity index (χ2n) is 10.2. The lowest BCUT2D eigenvalue weighted by Crippen LogP contribution is -2.23. The monoisotopic (exact) mass is 489 g/mol. The number of rotatable bonds is 10. The molecule has 0 spiro atoms. The number of hydrogen-bond donors (Lipinski definition) is 2. The second-order valence-corrected chi connectivity index (χ2v) is 15.8. The van der Waals surface area contributed by atoms with Crippen molar-refractivity contribution in [3.05, 3.63) is 59.0 Å². The summed E-state index contributed by atoms with van der Waals surface area (Å²) in [6, 6.07) is 13.1. The molecule has 0 amide bonds. The molecular formula is C27H35N5O2Si. The summed E-state index contributed by atoms with van der Waals surface area (Å²) in [5, 5.41) is 10.5. The zero-order valence-electron chi connectivity index (χ0n) is 21.3. The minimum absolute atomic E-state index is 0.214. The van der Waals surface area contributed by atoms with E-state index in [1.807, 2.05) is 31.3 Å². The molecule has 1 atom stereocenters. The fraction of sp³-hybridized carbons (Fsp3) is 0.407. The summed E-state index contributed by atoms with van der Waals surface area (Å²) >= 11 is 0. The Morgan fingerprint density at radius 1 is 1.23 bits per heavy atom. The van der Waals surface area contributed by atoms with E-state index < -0.39 is 8.07 Å². The maximum Gasteiger partial charge on any atom is 0.124 e. The van der Waals surface area contributed by atoms with Gasteiger partial charge in [-0.05, 0) is 55.8 Å². The van der Waals surface area contributed by atoms with Crippen LogP contribution in [0.5, 0.6) is 5.75 Å². The molecule has 0 fully saturated rings. The van der Waals surface area contributed by atoms with Gasteiger partial charge < -0.3 is 24.8 Å². The number of hydrogen-bond acceptors (Lipinski definition) is 5. The molecule has 4 aromatic rings. The first kappa shape index (κ1) is 25.0. The SMILES string of the molecule is CCOc1cc(C)c2[nH]ccc2c1C(CN)c1nc2cc(C#N)ccc2n1COCC[Si](C)(C)C. The van der Waals surface area contributed by atoms with E-state index in [4.69, 9.17) is 20.2 Å². The molecule has 3 N–H and O–H groups in total. The molecule has 7 nitrogen and oxygen atoms in total. The average molecular weight is 490 g/mol. The number of aromatic amines is 1. The van der Waals surface area contributed by atoms with Crippen molar-refractivity contribution in [1.29, 1.82) is 5.26 Å². The Balaban J connectivity index is 1.86. The summed E-state index contributed by atoms with van der Waals surface area (Å²) in [4.78, 5) is 8.37. The molecule has 184 valence electrons. The lowest BCUT2D eigenvalue weighted by Gasteiger charge is -2.22. The number of aryl methyl sites for hydroxylation is 1. The van der Waals surface area contributed by atoms with E-state index in [1.54, 1.807) is 0 Å². The normalized spacial score (nSPS) is 12.8. The van der Waals surface area contributed by atoms with Crippen molar-refractivity contribution in [2.45, 2.75) is 52.2 Å². The van der Waals surface area contributed by atoms with Crippen LogP contribution in [-0.4, -0.2) is 42.4 Å². The highest BCUT2D eigenvalue weighted by atomic mass is 28.3. The Morgan fingerprint density at radius 2 is 2.03 bits per heavy atom. The van der Waals surface area contributed by atoms with Gasteiger partial charge in [-0.15, -0.1) is 0 Å². The van der Waals surface area contributed by atoms with E-state index in [1.165, 1.54) is 0 Å². The summed E-state index contributed by atoms with van der Waals surface area (Å²) in [5.41, 5.74) is 11.9. The predicted molar refractivity (Wildman–Crippen MR) is 144 cm³/mol. The summed E-state index contributed by atoms with van der Waals surface area (Å²) in [6.07, 6.45) is 1.95. The van der Waals surface area contributed by atoms with E-state index in [9.17, 15) is 5.26 Å². The minimum Gasteiger partial charge on any atom is -0.494 e. The maximum absolute atomic E-state index is 9.43. The molecule has 0 aliphatic heterocycles. The number of nitrogens with zero attached hydrogens (tertiary/aromatic N) is 3. The number of aromatic nitrogens is 3. The molecular weight excluding hydrogens is 454 g/mol. The summed E-state index contributed by atoms with van der Waals surface area (Å²) in [7, 11) is -1.21. The Bertz CT molecular complexity index is 1380. The number of H-pyrrole nitrogens is 1. The van der Waals surface area contributed by atoms with Crippen molar-refractivity contribution in [1.82, 2.24) is 14.5 Å². The third kappa shape index (κ3) is 5.13. The molecule has 2 heterocycles. The summed E-state index contributed by atoms with van der Waals surface area (Å²) in [5.74, 6) is 1.43. The number of imidazole rings is 1. The zero-order valence-corrected chi connectivity index (χ0v) is 22.3. The molecule has 0 saturated carbocycles. The van der Waals surface area contributed by atoms with Crippen molar-refractivity contribution < 1.29 is 9.47 Å². The molecule has 0 aliphatic carbocycles. The Morgan fingerprint density at radius 3 is 2.71 bits per heavy atom. The van der Waals surface area contributed by atoms with Gasteiger partial charge in [-0.25, -0.2) is 4.98 Å². The minimum atomic E-state index is -1.21. The van der Waals surface area contributed by atoms with Gasteiger partial charge in [0.1, 0.15) is 18.3 Å². The Labute approximate surface area is 207 Å². The smallest absolute Gasteiger partial charge is 0.124 e. The van der Waals surface area contributed by atoms with E-state index in [0.717, 1.165) is 50.7 Å². The van der Waals surface area contributed by atoms with Gasteiger partial charge in [-0.1, -0.05) is 19.6 Å². The van der Waals surface area contributed by atoms with Crippen LogP contribution in [-0.2, 0) is 11.5 Å². The zero-order chi connectivity index (χ0) is 25.2. The van der Waals surface area contributed by atoms with E-state index in [-0.39, 0.29) is 5.92 Å². The maximum atomic E-state index is 9.43. The van der Waals surface area contributed by atoms with E-state index >= 15 is 0 Å². The van der Waals surface area contributed by atoms with Gasteiger partial charge in [0.05, 0.1) is 35.2 Å². The van der Waals surface area contributed by atoms with Crippen molar-refractivity contribution in [3.8, 4) is 11.8 Å². The van der Waals surface area contributed by atoms with Crippen molar-refractivity contribution in [2.24, 2.45) is 5.73 Å². The van der Waals surface area contributed by atoms with Crippen molar-refractivity contribution in [2.75, 3.05) is 19.8 Å². The largest absolute Gasteiger partial charge is 0.494 e. The van der Waals surface area contributed by atoms with Crippen LogP contribution in [0, 0.1) is 18.3 Å². The first-order valence-electron chi connectivity index (χ1n) is 12.2. The van der Waals surface area contributed by atoms with Crippen LogP contribution in [0.2, 0.25) is 25.7 Å². The van der Waals surface area contributed by atoms with Crippen molar-refractivity contribution >= 4 is 30.0 Å². The van der Waals surface area contributed by atoms with Gasteiger partial charge in [0, 0.05) is 43.9 Å². The van der Waals surface area contributed by atoms with Gasteiger partial charge in [0.15, 0.2) is 0 Å². The topological polar surface area (TPSA) is 102 Å². The molecule has 0 bridgehead atoms. The number of nitrogens with one attached hydrogen (secondary N) is 1. The molecule has 8 heteroatoms. The van der Waals surface area contributed by atoms with Crippen LogP contribution in [0.25, 0.3) is 21.9 Å². The quantitative estimate of drug-likeness (QED) is 0.226. The average Bonchev–Trinajstić information content (AvgIpc) is 3.44. The third-order valence-electron chi connectivity index (χ3n) is 6.36. The number of nitrogens with two attached hydrogens (primary N) is 1. The number of ether oxygens (including phenoxy) is 2. The van der Waals surface area contributed by atoms with Crippen LogP contribution in [0.1, 0.15) is 35.4 Å². The number of benzene rings is 2. The molecule has 0 radical (unpaired) electrons. The predicted octanol–water partition coefficient (Wildman–Crippen LogP) is 5.50. The lowest BCUT2D eigenvalue weighted by molar-refractivity contribution is 0.0875. The highest BCUT2D eigenvalue weighted by Crippen LogP contribution is 2.39. The van der Waals surface area contributed by atoms with Crippen LogP contribution in [0.15, 0.2) is 36.5 Å². The van der Waals surface area contributed by atoms with Gasteiger partial charge in [-0.2, -0.15) is 5.26 Å². The molecule has 2 aromatic carbocycles. The Hall–Kier alpha value is -3.12. The van der Waals surface area contributed by atoms with Crippen LogP contribution >= 0.6 is 0 Å². The molecule has 1 unspecified atom stereocenters. The van der Waals surface area contributed by atoms with Gasteiger partial charge in [0.25, 0.3) is 0 Å². The number of nitriles is 1. The van der Waals surface area contributed by atoms with Gasteiger partial charge in [-0.3, -0.25) is 0 Å². The fourth-order valence-corrected chi connectivity index (χ4v) is 5.30. The third-order valence-corrected chi connectivity index (χ3v) is 8.07. The molecule has 0 saturated heterocycles. The number of fused-ring (bicyclic) bond motifs is 2. The molecule has 0 aliphatic rings. The van der Waals surface area contributed by atoms with Crippen LogP contribution in [0.3, 0.4) is 0 Å². The highest BCUT2D eigenvalue weighted by Gasteiger charge is 2.27. The fourth-order valence-electron chi connectivity index (χ4n) is 4.54. The molecule has 35 heavy (non-hydrogen) atoms. The summed E-state index contributed by atoms with van der Waals surface area (Å²) < 4.78 is 14.4. The van der Waals surface area contributed by atoms with Crippen molar-refractivity contribution in [3.63, 3.8) is 0 Å². The van der Waals surface area contributed by atoms with Crippen LogP contribution in [0.4, 0.5) is 0 Å². The highest BCUT2D eigenvalue weighted by molar-refractivity contribution is 6.76. The standard InChI is InChI=1S/C27H35N5O2Si/c1-6-34-24-13-18(2)26-20(9-10-30-26)25(24)21(16-29)27-31-22-14-19(15-28)7-8-23(22)32(27)17-33-11-12-35(3,4)5/h7-10,13-14,21,30H,6,11-12,16-17,29H2,1-5H3.